The molecule has 4 heteroatoms. The highest BCUT2D eigenvalue weighted by Gasteiger charge is 2.43. The van der Waals surface area contributed by atoms with E-state index in [4.69, 9.17) is 0 Å². The van der Waals surface area contributed by atoms with Crippen LogP contribution in [0.5, 0.6) is 0 Å². The fourth-order valence-electron chi connectivity index (χ4n) is 1.72. The van der Waals surface area contributed by atoms with Gasteiger partial charge in [0.15, 0.2) is 0 Å². The molecule has 3 fully saturated rings. The van der Waals surface area contributed by atoms with Crippen molar-refractivity contribution in [3.05, 3.63) is 0 Å². The number of amides is 1. The van der Waals surface area contributed by atoms with Gasteiger partial charge in [-0.1, -0.05) is 0 Å². The molecule has 2 atom stereocenters. The van der Waals surface area contributed by atoms with Gasteiger partial charge in [0.2, 0.25) is 5.91 Å². The van der Waals surface area contributed by atoms with E-state index >= 15 is 0 Å². The third kappa shape index (κ3) is 1.33. The molecule has 3 aliphatic rings. The molecule has 2 unspecified atom stereocenters. The molecule has 0 aliphatic carbocycles. The number of nitrogens with one attached hydrogen (secondary N) is 1. The zero-order valence-electron chi connectivity index (χ0n) is 7.25. The maximum atomic E-state index is 11.5. The predicted octanol–water partition coefficient (Wildman–Crippen LogP) is -0.0779. The Kier molecular flexibility index (Phi) is 2.28. The third-order valence-electron chi connectivity index (χ3n) is 2.48. The molecule has 3 rings (SSSR count). The highest BCUT2D eigenvalue weighted by atomic mass is 32.2. The Morgan fingerprint density at radius 2 is 2.50 bits per heavy atom. The second-order valence-electron chi connectivity index (χ2n) is 3.37. The van der Waals surface area contributed by atoms with Gasteiger partial charge >= 0.3 is 0 Å². The van der Waals surface area contributed by atoms with Crippen LogP contribution in [-0.4, -0.2) is 48.0 Å². The Morgan fingerprint density at radius 3 is 3.08 bits per heavy atom. The lowest BCUT2D eigenvalue weighted by atomic mass is 10.1. The maximum Gasteiger partial charge on any atom is 0.235 e. The van der Waals surface area contributed by atoms with Crippen LogP contribution < -0.4 is 5.32 Å². The molecule has 0 spiro atoms. The summed E-state index contributed by atoms with van der Waals surface area (Å²) < 4.78 is 0. The lowest BCUT2D eigenvalue weighted by molar-refractivity contribution is -0.133. The maximum absolute atomic E-state index is 11.5. The minimum Gasteiger partial charge on any atom is -0.339 e. The van der Waals surface area contributed by atoms with E-state index in [-0.39, 0.29) is 0 Å². The standard InChI is InChI=1S/C8H14N2OS/c1-9-2-3-10-5-6-4-7(12-6)8(10)11/h6-7,9H,2-5H2,1H3. The number of hydrogen-bond acceptors (Lipinski definition) is 3. The van der Waals surface area contributed by atoms with Crippen LogP contribution in [0.1, 0.15) is 6.42 Å². The van der Waals surface area contributed by atoms with Gasteiger partial charge in [-0.25, -0.2) is 0 Å². The van der Waals surface area contributed by atoms with Gasteiger partial charge in [-0.15, -0.1) is 11.8 Å². The van der Waals surface area contributed by atoms with E-state index in [0.717, 1.165) is 31.3 Å². The van der Waals surface area contributed by atoms with Crippen molar-refractivity contribution in [1.82, 2.24) is 10.2 Å². The number of hydrogen-bond donors (Lipinski definition) is 1. The van der Waals surface area contributed by atoms with Gasteiger partial charge in [0.05, 0.1) is 5.25 Å². The number of carbonyl (C=O) groups is 1. The van der Waals surface area contributed by atoms with Crippen LogP contribution >= 0.6 is 11.8 Å². The van der Waals surface area contributed by atoms with Crippen LogP contribution in [0.25, 0.3) is 0 Å². The molecule has 0 aromatic rings. The lowest BCUT2D eigenvalue weighted by Crippen LogP contribution is -2.56. The van der Waals surface area contributed by atoms with Gasteiger partial charge in [0, 0.05) is 24.9 Å². The number of thioether (sulfide) groups is 1. The minimum absolute atomic E-state index is 0.306. The topological polar surface area (TPSA) is 32.3 Å². The van der Waals surface area contributed by atoms with Crippen molar-refractivity contribution in [1.29, 1.82) is 0 Å². The highest BCUT2D eigenvalue weighted by Crippen LogP contribution is 2.42. The fraction of sp³-hybridized carbons (Fsp3) is 0.875. The van der Waals surface area contributed by atoms with Crippen LogP contribution in [0.3, 0.4) is 0 Å². The Balaban J connectivity index is 1.86. The second kappa shape index (κ2) is 3.26. The molecule has 1 N–H and O–H groups in total. The fourth-order valence-corrected chi connectivity index (χ4v) is 3.01. The van der Waals surface area contributed by atoms with E-state index in [2.05, 4.69) is 5.32 Å². The number of likely N-dealkylation sites (N-methyl/N-ethyl adjacent to an activating group) is 1. The number of nitrogens with zero attached hydrogens (tertiary/aromatic N) is 1. The minimum atomic E-state index is 0.306. The van der Waals surface area contributed by atoms with E-state index in [9.17, 15) is 4.79 Å². The SMILES string of the molecule is CNCCN1CC2CC(S2)C1=O. The van der Waals surface area contributed by atoms with E-state index < -0.39 is 0 Å². The molecule has 0 aromatic heterocycles. The van der Waals surface area contributed by atoms with E-state index in [1.807, 2.05) is 23.7 Å². The van der Waals surface area contributed by atoms with Crippen LogP contribution in [0.15, 0.2) is 0 Å². The van der Waals surface area contributed by atoms with Gasteiger partial charge in [0.1, 0.15) is 0 Å². The van der Waals surface area contributed by atoms with E-state index in [1.165, 1.54) is 0 Å². The summed E-state index contributed by atoms with van der Waals surface area (Å²) in [5.41, 5.74) is 0. The Hall–Kier alpha value is -0.220. The Bertz CT molecular complexity index is 191. The van der Waals surface area contributed by atoms with Crippen molar-refractivity contribution in [2.75, 3.05) is 26.7 Å². The predicted molar refractivity (Wildman–Crippen MR) is 50.3 cm³/mol. The highest BCUT2D eigenvalue weighted by molar-refractivity contribution is 8.02. The van der Waals surface area contributed by atoms with Gasteiger partial charge in [-0.3, -0.25) is 4.79 Å². The van der Waals surface area contributed by atoms with E-state index in [0.29, 0.717) is 11.2 Å². The third-order valence-corrected chi connectivity index (χ3v) is 3.93. The normalized spacial score (nSPS) is 33.4. The molecule has 0 radical (unpaired) electrons. The number of fused-ring (bicyclic) bond motifs is 2. The van der Waals surface area contributed by atoms with Crippen molar-refractivity contribution in [3.63, 3.8) is 0 Å². The quantitative estimate of drug-likeness (QED) is 0.669. The van der Waals surface area contributed by atoms with Gasteiger partial charge < -0.3 is 10.2 Å². The number of piperidine rings is 1. The number of rotatable bonds is 3. The van der Waals surface area contributed by atoms with Crippen molar-refractivity contribution in [2.45, 2.75) is 16.9 Å². The van der Waals surface area contributed by atoms with Gasteiger partial charge in [-0.05, 0) is 13.5 Å². The smallest absolute Gasteiger partial charge is 0.235 e. The summed E-state index contributed by atoms with van der Waals surface area (Å²) in [6.45, 7) is 2.76. The van der Waals surface area contributed by atoms with Crippen LogP contribution in [0, 0.1) is 0 Å². The van der Waals surface area contributed by atoms with Crippen LogP contribution in [0.4, 0.5) is 0 Å². The van der Waals surface area contributed by atoms with E-state index in [1.54, 1.807) is 0 Å². The molecule has 3 saturated heterocycles. The van der Waals surface area contributed by atoms with Crippen molar-refractivity contribution >= 4 is 17.7 Å². The zero-order valence-corrected chi connectivity index (χ0v) is 8.06. The molecule has 68 valence electrons. The van der Waals surface area contributed by atoms with Crippen molar-refractivity contribution < 1.29 is 4.79 Å². The summed E-state index contributed by atoms with van der Waals surface area (Å²) in [4.78, 5) is 13.5. The average molecular weight is 186 g/mol. The first-order valence-electron chi connectivity index (χ1n) is 4.40. The van der Waals surface area contributed by atoms with Crippen molar-refractivity contribution in [2.24, 2.45) is 0 Å². The lowest BCUT2D eigenvalue weighted by Gasteiger charge is -2.45. The molecule has 3 nitrogen and oxygen atoms in total. The zero-order chi connectivity index (χ0) is 8.55. The summed E-state index contributed by atoms with van der Waals surface area (Å²) in [5, 5.41) is 4.11. The summed E-state index contributed by atoms with van der Waals surface area (Å²) >= 11 is 1.85. The number of carbonyl (C=O) groups excluding carboxylic acids is 1. The average Bonchev–Trinajstić information content (AvgIpc) is 2.00. The Labute approximate surface area is 76.9 Å². The summed E-state index contributed by atoms with van der Waals surface area (Å²) in [5.74, 6) is 0.359. The first-order chi connectivity index (χ1) is 5.81. The van der Waals surface area contributed by atoms with Gasteiger partial charge in [-0.2, -0.15) is 0 Å². The molecule has 0 aromatic carbocycles. The van der Waals surface area contributed by atoms with Crippen LogP contribution in [-0.2, 0) is 4.79 Å². The Morgan fingerprint density at radius 1 is 1.75 bits per heavy atom. The largest absolute Gasteiger partial charge is 0.339 e. The second-order valence-corrected chi connectivity index (χ2v) is 4.88. The first-order valence-corrected chi connectivity index (χ1v) is 5.34. The van der Waals surface area contributed by atoms with Gasteiger partial charge in [0.25, 0.3) is 0 Å². The van der Waals surface area contributed by atoms with Crippen molar-refractivity contribution in [3.8, 4) is 0 Å². The molecule has 3 aliphatic heterocycles. The molecule has 12 heavy (non-hydrogen) atoms. The van der Waals surface area contributed by atoms with Crippen LogP contribution in [0.2, 0.25) is 0 Å². The summed E-state index contributed by atoms with van der Waals surface area (Å²) in [6.07, 6.45) is 1.12. The molecular formula is C8H14N2OS. The molecule has 2 bridgehead atoms. The molecule has 3 heterocycles. The monoisotopic (exact) mass is 186 g/mol. The summed E-state index contributed by atoms with van der Waals surface area (Å²) in [6, 6.07) is 0. The first kappa shape index (κ1) is 8.38. The molecule has 1 amide bonds. The summed E-state index contributed by atoms with van der Waals surface area (Å²) in [7, 11) is 1.92. The molecular weight excluding hydrogens is 172 g/mol. The molecule has 0 saturated carbocycles.